The Morgan fingerprint density at radius 3 is 2.60 bits per heavy atom. The molecule has 2 N–H and O–H groups in total. The SMILES string of the molecule is CN(CC(O)CNC(C)(C)CCCc1cccs1)Sc1cccc(-c2cccc(CCC=O)c2)c1. The van der Waals surface area contributed by atoms with Gasteiger partial charge in [-0.1, -0.05) is 42.5 Å². The van der Waals surface area contributed by atoms with Gasteiger partial charge in [-0.05, 0) is 98.8 Å². The third-order valence-electron chi connectivity index (χ3n) is 6.00. The number of aliphatic hydroxyl groups is 1. The van der Waals surface area contributed by atoms with Gasteiger partial charge in [-0.3, -0.25) is 0 Å². The monoisotopic (exact) mass is 510 g/mol. The molecule has 0 bridgehead atoms. The number of thiophene rings is 1. The molecular formula is C29H38N2O2S2. The Morgan fingerprint density at radius 2 is 1.86 bits per heavy atom. The second kappa shape index (κ2) is 14.0. The molecule has 1 heterocycles. The van der Waals surface area contributed by atoms with Crippen molar-refractivity contribution in [2.75, 3.05) is 20.1 Å². The van der Waals surface area contributed by atoms with Crippen molar-refractivity contribution in [1.29, 1.82) is 0 Å². The zero-order chi connectivity index (χ0) is 25.1. The largest absolute Gasteiger partial charge is 0.390 e. The van der Waals surface area contributed by atoms with E-state index in [2.05, 4.69) is 89.5 Å². The maximum absolute atomic E-state index is 10.7. The van der Waals surface area contributed by atoms with Gasteiger partial charge in [0.15, 0.2) is 0 Å². The van der Waals surface area contributed by atoms with Crippen molar-refractivity contribution in [3.05, 3.63) is 76.5 Å². The topological polar surface area (TPSA) is 52.6 Å². The van der Waals surface area contributed by atoms with Crippen LogP contribution in [0, 0.1) is 0 Å². The lowest BCUT2D eigenvalue weighted by molar-refractivity contribution is -0.107. The molecule has 0 aliphatic rings. The number of nitrogens with zero attached hydrogens (tertiary/aromatic N) is 1. The Labute approximate surface area is 218 Å². The van der Waals surface area contributed by atoms with Crippen molar-refractivity contribution < 1.29 is 9.90 Å². The molecule has 0 spiro atoms. The highest BCUT2D eigenvalue weighted by Crippen LogP contribution is 2.28. The van der Waals surface area contributed by atoms with Gasteiger partial charge >= 0.3 is 0 Å². The Hall–Kier alpha value is -1.96. The van der Waals surface area contributed by atoms with Crippen molar-refractivity contribution in [1.82, 2.24) is 9.62 Å². The Morgan fingerprint density at radius 1 is 1.09 bits per heavy atom. The van der Waals surface area contributed by atoms with E-state index in [4.69, 9.17) is 0 Å². The number of carbonyl (C=O) groups excluding carboxylic acids is 1. The van der Waals surface area contributed by atoms with Crippen LogP contribution in [0.1, 0.15) is 43.6 Å². The molecule has 0 fully saturated rings. The fourth-order valence-corrected chi connectivity index (χ4v) is 5.76. The Bertz CT molecular complexity index is 1040. The number of aldehydes is 1. The molecular weight excluding hydrogens is 472 g/mol. The second-order valence-corrected chi connectivity index (χ2v) is 12.0. The van der Waals surface area contributed by atoms with Crippen LogP contribution < -0.4 is 5.32 Å². The molecule has 3 aromatic rings. The average Bonchev–Trinajstić information content (AvgIpc) is 3.35. The molecule has 3 rings (SSSR count). The molecule has 0 aliphatic heterocycles. The van der Waals surface area contributed by atoms with Crippen LogP contribution in [-0.2, 0) is 17.6 Å². The highest BCUT2D eigenvalue weighted by Gasteiger charge is 2.19. The molecule has 2 aromatic carbocycles. The van der Waals surface area contributed by atoms with Crippen LogP contribution in [0.5, 0.6) is 0 Å². The molecule has 188 valence electrons. The van der Waals surface area contributed by atoms with E-state index >= 15 is 0 Å². The highest BCUT2D eigenvalue weighted by atomic mass is 32.2. The first-order chi connectivity index (χ1) is 16.8. The van der Waals surface area contributed by atoms with Crippen LogP contribution in [0.3, 0.4) is 0 Å². The first-order valence-corrected chi connectivity index (χ1v) is 14.0. The smallest absolute Gasteiger partial charge is 0.120 e. The third kappa shape index (κ3) is 9.90. The fourth-order valence-electron chi connectivity index (χ4n) is 4.08. The number of benzene rings is 2. The lowest BCUT2D eigenvalue weighted by Gasteiger charge is -2.29. The molecule has 0 aliphatic carbocycles. The average molecular weight is 511 g/mol. The zero-order valence-corrected chi connectivity index (χ0v) is 22.7. The van der Waals surface area contributed by atoms with Crippen molar-refractivity contribution >= 4 is 29.6 Å². The van der Waals surface area contributed by atoms with Gasteiger partial charge in [0.25, 0.3) is 0 Å². The van der Waals surface area contributed by atoms with Crippen LogP contribution in [-0.4, -0.2) is 47.5 Å². The summed E-state index contributed by atoms with van der Waals surface area (Å²) in [6, 6.07) is 21.2. The number of rotatable bonds is 15. The summed E-state index contributed by atoms with van der Waals surface area (Å²) < 4.78 is 2.09. The number of carbonyl (C=O) groups is 1. The minimum Gasteiger partial charge on any atom is -0.390 e. The van der Waals surface area contributed by atoms with Crippen molar-refractivity contribution in [2.24, 2.45) is 0 Å². The van der Waals surface area contributed by atoms with E-state index in [1.165, 1.54) is 10.4 Å². The van der Waals surface area contributed by atoms with Gasteiger partial charge in [0.05, 0.1) is 6.10 Å². The van der Waals surface area contributed by atoms with Crippen LogP contribution in [0.25, 0.3) is 11.1 Å². The summed E-state index contributed by atoms with van der Waals surface area (Å²) in [5.74, 6) is 0. The number of nitrogens with one attached hydrogen (secondary N) is 1. The molecule has 0 amide bonds. The predicted octanol–water partition coefficient (Wildman–Crippen LogP) is 6.24. The van der Waals surface area contributed by atoms with E-state index in [-0.39, 0.29) is 5.54 Å². The number of likely N-dealkylation sites (N-methyl/N-ethyl adjacent to an activating group) is 1. The van der Waals surface area contributed by atoms with Gasteiger partial charge in [0, 0.05) is 34.8 Å². The van der Waals surface area contributed by atoms with Crippen molar-refractivity contribution in [2.45, 2.75) is 62.5 Å². The Balaban J connectivity index is 1.45. The maximum Gasteiger partial charge on any atom is 0.120 e. The summed E-state index contributed by atoms with van der Waals surface area (Å²) in [5.41, 5.74) is 3.49. The Kier molecular flexibility index (Phi) is 11.0. The molecule has 0 saturated carbocycles. The van der Waals surface area contributed by atoms with E-state index in [9.17, 15) is 9.90 Å². The second-order valence-electron chi connectivity index (χ2n) is 9.69. The van der Waals surface area contributed by atoms with Gasteiger partial charge in [0.2, 0.25) is 0 Å². The normalized spacial score (nSPS) is 12.7. The summed E-state index contributed by atoms with van der Waals surface area (Å²) >= 11 is 3.47. The van der Waals surface area contributed by atoms with Gasteiger partial charge in [-0.25, -0.2) is 4.31 Å². The standard InChI is InChI=1S/C29H38N2O2S2/c1-29(2,16-6-14-27-15-8-18-34-27)30-21-26(33)22-31(3)35-28-13-5-12-25(20-28)24-11-4-9-23(19-24)10-7-17-32/h4-5,8-9,11-13,15,17-20,26,30,33H,6-7,10,14,16,21-22H2,1-3H3. The molecule has 1 unspecified atom stereocenters. The van der Waals surface area contributed by atoms with Crippen LogP contribution in [0.4, 0.5) is 0 Å². The first kappa shape index (κ1) is 27.6. The van der Waals surface area contributed by atoms with Gasteiger partial charge in [-0.15, -0.1) is 11.3 Å². The minimum atomic E-state index is -0.443. The van der Waals surface area contributed by atoms with E-state index < -0.39 is 6.10 Å². The summed E-state index contributed by atoms with van der Waals surface area (Å²) in [5, 5.41) is 16.3. The van der Waals surface area contributed by atoms with Crippen LogP contribution in [0.15, 0.2) is 70.9 Å². The van der Waals surface area contributed by atoms with Crippen molar-refractivity contribution in [3.63, 3.8) is 0 Å². The van der Waals surface area contributed by atoms with Gasteiger partial charge < -0.3 is 15.2 Å². The summed E-state index contributed by atoms with van der Waals surface area (Å²) in [4.78, 5) is 13.3. The number of aryl methyl sites for hydroxylation is 2. The van der Waals surface area contributed by atoms with E-state index in [1.54, 1.807) is 11.9 Å². The van der Waals surface area contributed by atoms with Gasteiger partial charge in [0.1, 0.15) is 6.29 Å². The summed E-state index contributed by atoms with van der Waals surface area (Å²) in [7, 11) is 2.02. The number of hydrogen-bond donors (Lipinski definition) is 2. The number of β-amino-alcohol motifs (C(OH)–C–C–N with tert-alkyl or cyclic N) is 1. The van der Waals surface area contributed by atoms with Gasteiger partial charge in [-0.2, -0.15) is 0 Å². The third-order valence-corrected chi connectivity index (χ3v) is 7.86. The zero-order valence-electron chi connectivity index (χ0n) is 21.1. The molecule has 4 nitrogen and oxygen atoms in total. The highest BCUT2D eigenvalue weighted by molar-refractivity contribution is 7.97. The maximum atomic E-state index is 10.7. The van der Waals surface area contributed by atoms with Crippen molar-refractivity contribution in [3.8, 4) is 11.1 Å². The van der Waals surface area contributed by atoms with E-state index in [1.807, 2.05) is 18.4 Å². The number of aliphatic hydroxyl groups excluding tert-OH is 1. The molecule has 0 radical (unpaired) electrons. The lowest BCUT2D eigenvalue weighted by Crippen LogP contribution is -2.45. The molecule has 35 heavy (non-hydrogen) atoms. The molecule has 1 atom stereocenters. The summed E-state index contributed by atoms with van der Waals surface area (Å²) in [6.07, 6.45) is 5.18. The van der Waals surface area contributed by atoms with Crippen LogP contribution in [0.2, 0.25) is 0 Å². The summed E-state index contributed by atoms with van der Waals surface area (Å²) in [6.45, 7) is 5.58. The number of hydrogen-bond acceptors (Lipinski definition) is 6. The molecule has 0 saturated heterocycles. The van der Waals surface area contributed by atoms with E-state index in [0.717, 1.165) is 48.0 Å². The first-order valence-electron chi connectivity index (χ1n) is 12.3. The lowest BCUT2D eigenvalue weighted by atomic mass is 9.96. The van der Waals surface area contributed by atoms with Crippen LogP contribution >= 0.6 is 23.3 Å². The fraction of sp³-hybridized carbons (Fsp3) is 0.414. The van der Waals surface area contributed by atoms with E-state index in [0.29, 0.717) is 19.5 Å². The quantitative estimate of drug-likeness (QED) is 0.187. The predicted molar refractivity (Wildman–Crippen MR) is 150 cm³/mol. The molecule has 6 heteroatoms. The minimum absolute atomic E-state index is 0.00145. The molecule has 1 aromatic heterocycles.